The van der Waals surface area contributed by atoms with Crippen LogP contribution in [0.2, 0.25) is 0 Å². The second-order valence-electron chi connectivity index (χ2n) is 5.03. The number of likely N-dealkylation sites (tertiary alicyclic amines) is 1. The molecule has 0 aliphatic carbocycles. The topological polar surface area (TPSA) is 75.4 Å². The second-order valence-corrected chi connectivity index (χ2v) is 5.03. The largest absolute Gasteiger partial charge is 0.344 e. The van der Waals surface area contributed by atoms with E-state index in [-0.39, 0.29) is 17.9 Å². The van der Waals surface area contributed by atoms with Crippen molar-refractivity contribution in [2.75, 3.05) is 19.6 Å². The fourth-order valence-corrected chi connectivity index (χ4v) is 2.76. The van der Waals surface area contributed by atoms with Gasteiger partial charge in [0, 0.05) is 19.5 Å². The zero-order valence-corrected chi connectivity index (χ0v) is 10.2. The molecular weight excluding hydrogens is 218 g/mol. The van der Waals surface area contributed by atoms with Gasteiger partial charge >= 0.3 is 0 Å². The van der Waals surface area contributed by atoms with Gasteiger partial charge in [0.2, 0.25) is 11.8 Å². The zero-order valence-electron chi connectivity index (χ0n) is 10.2. The van der Waals surface area contributed by atoms with E-state index < -0.39 is 0 Å². The van der Waals surface area contributed by atoms with Crippen LogP contribution in [0, 0.1) is 5.92 Å². The minimum atomic E-state index is -0.279. The molecular formula is C12H21N3O2. The average molecular weight is 239 g/mol. The molecule has 3 N–H and O–H groups in total. The molecule has 2 amide bonds. The van der Waals surface area contributed by atoms with E-state index in [1.165, 1.54) is 0 Å². The van der Waals surface area contributed by atoms with Crippen molar-refractivity contribution in [3.8, 4) is 0 Å². The number of rotatable bonds is 3. The molecule has 0 aromatic carbocycles. The molecule has 2 fully saturated rings. The predicted octanol–water partition coefficient (Wildman–Crippen LogP) is -0.148. The van der Waals surface area contributed by atoms with Gasteiger partial charge in [0.15, 0.2) is 0 Å². The monoisotopic (exact) mass is 239 g/mol. The first-order valence-electron chi connectivity index (χ1n) is 6.49. The maximum absolute atomic E-state index is 12.2. The van der Waals surface area contributed by atoms with Crippen LogP contribution in [0.5, 0.6) is 0 Å². The Hall–Kier alpha value is -1.10. The van der Waals surface area contributed by atoms with Gasteiger partial charge in [-0.25, -0.2) is 0 Å². The van der Waals surface area contributed by atoms with Gasteiger partial charge in [-0.05, 0) is 38.1 Å². The highest BCUT2D eigenvalue weighted by Gasteiger charge is 2.32. The molecule has 96 valence electrons. The van der Waals surface area contributed by atoms with E-state index in [9.17, 15) is 9.59 Å². The number of carbonyl (C=O) groups excluding carboxylic acids is 2. The number of amides is 2. The van der Waals surface area contributed by atoms with Gasteiger partial charge < -0.3 is 16.0 Å². The number of nitrogens with one attached hydrogen (secondary N) is 1. The van der Waals surface area contributed by atoms with Crippen LogP contribution in [0.25, 0.3) is 0 Å². The first kappa shape index (κ1) is 12.4. The second kappa shape index (κ2) is 5.49. The van der Waals surface area contributed by atoms with Crippen molar-refractivity contribution < 1.29 is 9.59 Å². The standard InChI is InChI=1S/C12H21N3O2/c13-6-5-9-2-1-7-15(8-9)12(17)10-3-4-11(16)14-10/h9-10H,1-8,13H2,(H,14,16). The summed E-state index contributed by atoms with van der Waals surface area (Å²) in [6, 6.07) is -0.279. The highest BCUT2D eigenvalue weighted by molar-refractivity contribution is 5.90. The summed E-state index contributed by atoms with van der Waals surface area (Å²) in [6.45, 7) is 2.32. The van der Waals surface area contributed by atoms with E-state index in [1.807, 2.05) is 4.90 Å². The number of piperidine rings is 1. The Morgan fingerprint density at radius 2 is 2.29 bits per heavy atom. The lowest BCUT2D eigenvalue weighted by atomic mass is 9.94. The van der Waals surface area contributed by atoms with Crippen LogP contribution in [0.15, 0.2) is 0 Å². The van der Waals surface area contributed by atoms with Crippen LogP contribution in [0.4, 0.5) is 0 Å². The molecule has 2 atom stereocenters. The summed E-state index contributed by atoms with van der Waals surface area (Å²) in [5, 5.41) is 2.74. The third kappa shape index (κ3) is 2.97. The van der Waals surface area contributed by atoms with E-state index in [2.05, 4.69) is 5.32 Å². The molecule has 5 nitrogen and oxygen atoms in total. The normalized spacial score (nSPS) is 29.2. The number of hydrogen-bond donors (Lipinski definition) is 2. The fourth-order valence-electron chi connectivity index (χ4n) is 2.76. The van der Waals surface area contributed by atoms with E-state index in [4.69, 9.17) is 5.73 Å². The maximum Gasteiger partial charge on any atom is 0.245 e. The lowest BCUT2D eigenvalue weighted by Crippen LogP contribution is -2.48. The molecule has 2 unspecified atom stereocenters. The Balaban J connectivity index is 1.88. The highest BCUT2D eigenvalue weighted by atomic mass is 16.2. The third-order valence-corrected chi connectivity index (χ3v) is 3.70. The summed E-state index contributed by atoms with van der Waals surface area (Å²) in [5.74, 6) is 0.631. The molecule has 17 heavy (non-hydrogen) atoms. The third-order valence-electron chi connectivity index (χ3n) is 3.70. The Morgan fingerprint density at radius 1 is 1.47 bits per heavy atom. The van der Waals surface area contributed by atoms with E-state index in [0.717, 1.165) is 32.4 Å². The zero-order chi connectivity index (χ0) is 12.3. The Bertz CT molecular complexity index is 304. The van der Waals surface area contributed by atoms with Gasteiger partial charge in [0.05, 0.1) is 0 Å². The van der Waals surface area contributed by atoms with Crippen LogP contribution in [0.1, 0.15) is 32.1 Å². The molecule has 2 saturated heterocycles. The predicted molar refractivity (Wildman–Crippen MR) is 64.1 cm³/mol. The number of hydrogen-bond acceptors (Lipinski definition) is 3. The van der Waals surface area contributed by atoms with Crippen molar-refractivity contribution >= 4 is 11.8 Å². The fraction of sp³-hybridized carbons (Fsp3) is 0.833. The Morgan fingerprint density at radius 3 is 2.94 bits per heavy atom. The van der Waals surface area contributed by atoms with E-state index >= 15 is 0 Å². The molecule has 5 heteroatoms. The molecule has 0 aromatic rings. The van der Waals surface area contributed by atoms with Crippen LogP contribution in [-0.4, -0.2) is 42.4 Å². The first-order chi connectivity index (χ1) is 8.20. The molecule has 0 radical (unpaired) electrons. The van der Waals surface area contributed by atoms with Gasteiger partial charge in [0.1, 0.15) is 6.04 Å². The smallest absolute Gasteiger partial charge is 0.245 e. The van der Waals surface area contributed by atoms with Crippen LogP contribution in [0.3, 0.4) is 0 Å². The van der Waals surface area contributed by atoms with Crippen molar-refractivity contribution in [2.45, 2.75) is 38.1 Å². The van der Waals surface area contributed by atoms with Crippen LogP contribution >= 0.6 is 0 Å². The van der Waals surface area contributed by atoms with Crippen LogP contribution < -0.4 is 11.1 Å². The van der Waals surface area contributed by atoms with E-state index in [0.29, 0.717) is 25.3 Å². The minimum Gasteiger partial charge on any atom is -0.344 e. The molecule has 2 aliphatic rings. The number of nitrogens with zero attached hydrogens (tertiary/aromatic N) is 1. The van der Waals surface area contributed by atoms with Crippen molar-refractivity contribution in [3.63, 3.8) is 0 Å². The van der Waals surface area contributed by atoms with Gasteiger partial charge in [-0.15, -0.1) is 0 Å². The molecule has 0 spiro atoms. The highest BCUT2D eigenvalue weighted by Crippen LogP contribution is 2.21. The maximum atomic E-state index is 12.2. The number of carbonyl (C=O) groups is 2. The summed E-state index contributed by atoms with van der Waals surface area (Å²) >= 11 is 0. The van der Waals surface area contributed by atoms with E-state index in [1.54, 1.807) is 0 Å². The Labute approximate surface area is 102 Å². The van der Waals surface area contributed by atoms with Crippen LogP contribution in [-0.2, 0) is 9.59 Å². The summed E-state index contributed by atoms with van der Waals surface area (Å²) in [4.78, 5) is 25.2. The molecule has 2 heterocycles. The molecule has 2 aliphatic heterocycles. The SMILES string of the molecule is NCCC1CCCN(C(=O)C2CCC(=O)N2)C1. The summed E-state index contributed by atoms with van der Waals surface area (Å²) in [6.07, 6.45) is 4.34. The summed E-state index contributed by atoms with van der Waals surface area (Å²) in [5.41, 5.74) is 5.56. The molecule has 0 saturated carbocycles. The van der Waals surface area contributed by atoms with Crippen molar-refractivity contribution in [2.24, 2.45) is 11.7 Å². The molecule has 2 rings (SSSR count). The minimum absolute atomic E-state index is 0.00105. The van der Waals surface area contributed by atoms with Crippen molar-refractivity contribution in [1.29, 1.82) is 0 Å². The average Bonchev–Trinajstić information content (AvgIpc) is 2.76. The molecule has 0 bridgehead atoms. The van der Waals surface area contributed by atoms with Gasteiger partial charge in [-0.2, -0.15) is 0 Å². The Kier molecular flexibility index (Phi) is 3.99. The number of nitrogens with two attached hydrogens (primary N) is 1. The van der Waals surface area contributed by atoms with Crippen molar-refractivity contribution in [3.05, 3.63) is 0 Å². The van der Waals surface area contributed by atoms with Gasteiger partial charge in [-0.1, -0.05) is 0 Å². The molecule has 0 aromatic heterocycles. The quantitative estimate of drug-likeness (QED) is 0.719. The van der Waals surface area contributed by atoms with Crippen molar-refractivity contribution in [1.82, 2.24) is 10.2 Å². The van der Waals surface area contributed by atoms with Gasteiger partial charge in [0.25, 0.3) is 0 Å². The summed E-state index contributed by atoms with van der Waals surface area (Å²) < 4.78 is 0. The lowest BCUT2D eigenvalue weighted by molar-refractivity contribution is -0.136. The first-order valence-corrected chi connectivity index (χ1v) is 6.49. The lowest BCUT2D eigenvalue weighted by Gasteiger charge is -2.34. The summed E-state index contributed by atoms with van der Waals surface area (Å²) in [7, 11) is 0. The van der Waals surface area contributed by atoms with Gasteiger partial charge in [-0.3, -0.25) is 9.59 Å².